The topological polar surface area (TPSA) is 98.0 Å². The number of aldehydes is 1. The van der Waals surface area contributed by atoms with Crippen LogP contribution in [0.3, 0.4) is 0 Å². The van der Waals surface area contributed by atoms with E-state index in [2.05, 4.69) is 0 Å². The van der Waals surface area contributed by atoms with Crippen LogP contribution in [0.15, 0.2) is 0 Å². The van der Waals surface area contributed by atoms with Crippen molar-refractivity contribution < 1.29 is 25.2 Å². The Kier molecular flexibility index (Phi) is 14.6. The Morgan fingerprint density at radius 1 is 1.18 bits per heavy atom. The molecule has 0 aromatic heterocycles. The quantitative estimate of drug-likeness (QED) is 0.359. The van der Waals surface area contributed by atoms with Gasteiger partial charge in [0.2, 0.25) is 0 Å². The molecular weight excluding hydrogens is 152 g/mol. The molecule has 5 heteroatoms. The largest absolute Gasteiger partial charge is 0.396 e. The summed E-state index contributed by atoms with van der Waals surface area (Å²) in [6.45, 7) is -0.753. The Morgan fingerprint density at radius 3 is 1.64 bits per heavy atom. The molecule has 0 aromatic rings. The van der Waals surface area contributed by atoms with Crippen molar-refractivity contribution in [1.82, 2.24) is 0 Å². The summed E-state index contributed by atoms with van der Waals surface area (Å²) in [7, 11) is 0. The van der Waals surface area contributed by atoms with Crippen LogP contribution in [0, 0.1) is 0 Å². The lowest BCUT2D eigenvalue weighted by Crippen LogP contribution is -2.15. The Balaban J connectivity index is 0. The third kappa shape index (κ3) is 17.7. The molecule has 4 N–H and O–H groups in total. The molecule has 0 unspecified atom stereocenters. The molecule has 0 spiro atoms. The van der Waals surface area contributed by atoms with Gasteiger partial charge in [-0.1, -0.05) is 0 Å². The van der Waals surface area contributed by atoms with Gasteiger partial charge in [0, 0.05) is 13.0 Å². The molecule has 68 valence electrons. The van der Waals surface area contributed by atoms with Crippen LogP contribution in [0.4, 0.5) is 0 Å². The summed E-state index contributed by atoms with van der Waals surface area (Å²) in [4.78, 5) is 9.24. The number of carbonyl (C=O) groups excluding carboxylic acids is 1. The number of carbonyl (C=O) groups is 1. The van der Waals surface area contributed by atoms with Gasteiger partial charge >= 0.3 is 0 Å². The third-order valence-electron chi connectivity index (χ3n) is 0.668. The maximum absolute atomic E-state index is 9.24. The van der Waals surface area contributed by atoms with Crippen LogP contribution in [0.5, 0.6) is 0 Å². The molecule has 0 saturated carbocycles. The number of rotatable bonds is 4. The SMILES string of the molecule is O=CCCO.OCC(O)CO. The van der Waals surface area contributed by atoms with E-state index in [4.69, 9.17) is 20.4 Å². The van der Waals surface area contributed by atoms with Gasteiger partial charge in [0.25, 0.3) is 0 Å². The highest BCUT2D eigenvalue weighted by Gasteiger charge is 1.93. The lowest BCUT2D eigenvalue weighted by Gasteiger charge is -1.96. The van der Waals surface area contributed by atoms with Gasteiger partial charge in [0.15, 0.2) is 0 Å². The molecule has 0 heterocycles. The van der Waals surface area contributed by atoms with Crippen molar-refractivity contribution in [1.29, 1.82) is 0 Å². The normalized spacial score (nSPS) is 8.82. The minimum absolute atomic E-state index is 0.0243. The zero-order chi connectivity index (χ0) is 9.11. The second-order valence-electron chi connectivity index (χ2n) is 1.70. The zero-order valence-corrected chi connectivity index (χ0v) is 6.18. The fourth-order valence-corrected chi connectivity index (χ4v) is 0.110. The van der Waals surface area contributed by atoms with Gasteiger partial charge in [0.05, 0.1) is 13.2 Å². The molecule has 0 aliphatic rings. The molecule has 0 rings (SSSR count). The number of aliphatic hydroxyl groups is 4. The molecule has 11 heavy (non-hydrogen) atoms. The summed E-state index contributed by atoms with van der Waals surface area (Å²) >= 11 is 0. The van der Waals surface area contributed by atoms with Gasteiger partial charge in [-0.25, -0.2) is 0 Å². The first-order valence-electron chi connectivity index (χ1n) is 3.17. The zero-order valence-electron chi connectivity index (χ0n) is 6.18. The van der Waals surface area contributed by atoms with Gasteiger partial charge in [-0.3, -0.25) is 0 Å². The van der Waals surface area contributed by atoms with Crippen LogP contribution in [0.25, 0.3) is 0 Å². The van der Waals surface area contributed by atoms with Crippen LogP contribution >= 0.6 is 0 Å². The second-order valence-corrected chi connectivity index (χ2v) is 1.70. The first kappa shape index (κ1) is 13.1. The van der Waals surface area contributed by atoms with Crippen LogP contribution in [-0.4, -0.2) is 52.6 Å². The van der Waals surface area contributed by atoms with Gasteiger partial charge in [-0.2, -0.15) is 0 Å². The molecule has 0 fully saturated rings. The standard InChI is InChI=1S/C3H8O3.C3H6O2/c4-1-3(6)2-5;4-2-1-3-5/h3-6H,1-2H2;2,5H,1,3H2. The fourth-order valence-electron chi connectivity index (χ4n) is 0.110. The summed E-state index contributed by atoms with van der Waals surface area (Å²) in [5, 5.41) is 31.9. The van der Waals surface area contributed by atoms with Crippen molar-refractivity contribution in [3.63, 3.8) is 0 Å². The number of hydrogen-bond donors (Lipinski definition) is 4. The summed E-state index contributed by atoms with van der Waals surface area (Å²) in [5.41, 5.74) is 0. The fraction of sp³-hybridized carbons (Fsp3) is 0.833. The predicted octanol–water partition coefficient (Wildman–Crippen LogP) is -2.10. The molecule has 0 aromatic carbocycles. The van der Waals surface area contributed by atoms with E-state index in [-0.39, 0.29) is 26.2 Å². The molecular formula is C6H14O5. The minimum Gasteiger partial charge on any atom is -0.396 e. The Bertz CT molecular complexity index is 71.4. The van der Waals surface area contributed by atoms with Gasteiger partial charge in [0.1, 0.15) is 12.4 Å². The van der Waals surface area contributed by atoms with Gasteiger partial charge in [-0.15, -0.1) is 0 Å². The molecule has 0 amide bonds. The second kappa shape index (κ2) is 12.2. The van der Waals surface area contributed by atoms with E-state index in [1.54, 1.807) is 0 Å². The van der Waals surface area contributed by atoms with E-state index in [0.717, 1.165) is 0 Å². The maximum atomic E-state index is 9.24. The molecule has 0 aliphatic carbocycles. The molecule has 0 radical (unpaired) electrons. The predicted molar refractivity (Wildman–Crippen MR) is 37.9 cm³/mol. The van der Waals surface area contributed by atoms with Crippen molar-refractivity contribution in [2.45, 2.75) is 12.5 Å². The average Bonchev–Trinajstić information content (AvgIpc) is 2.06. The molecule has 5 nitrogen and oxygen atoms in total. The molecule has 0 atom stereocenters. The van der Waals surface area contributed by atoms with E-state index in [0.29, 0.717) is 6.29 Å². The van der Waals surface area contributed by atoms with Crippen molar-refractivity contribution in [3.05, 3.63) is 0 Å². The van der Waals surface area contributed by atoms with Crippen LogP contribution in [0.2, 0.25) is 0 Å². The minimum atomic E-state index is -0.954. The highest BCUT2D eigenvalue weighted by Crippen LogP contribution is 1.71. The van der Waals surface area contributed by atoms with Crippen molar-refractivity contribution in [3.8, 4) is 0 Å². The van der Waals surface area contributed by atoms with E-state index < -0.39 is 6.10 Å². The molecule has 0 saturated heterocycles. The highest BCUT2D eigenvalue weighted by atomic mass is 16.3. The van der Waals surface area contributed by atoms with E-state index >= 15 is 0 Å². The highest BCUT2D eigenvalue weighted by molar-refractivity contribution is 5.49. The van der Waals surface area contributed by atoms with Crippen molar-refractivity contribution >= 4 is 6.29 Å². The summed E-state index contributed by atoms with van der Waals surface area (Å²) in [5.74, 6) is 0. The number of hydrogen-bond acceptors (Lipinski definition) is 5. The first-order chi connectivity index (χ1) is 5.22. The summed E-state index contributed by atoms with van der Waals surface area (Å²) in [6, 6.07) is 0. The summed E-state index contributed by atoms with van der Waals surface area (Å²) < 4.78 is 0. The third-order valence-corrected chi connectivity index (χ3v) is 0.668. The van der Waals surface area contributed by atoms with Crippen LogP contribution < -0.4 is 0 Å². The lowest BCUT2D eigenvalue weighted by molar-refractivity contribution is -0.108. The molecule has 0 bridgehead atoms. The van der Waals surface area contributed by atoms with Crippen LogP contribution in [-0.2, 0) is 4.79 Å². The van der Waals surface area contributed by atoms with Crippen molar-refractivity contribution in [2.75, 3.05) is 19.8 Å². The average molecular weight is 166 g/mol. The monoisotopic (exact) mass is 166 g/mol. The first-order valence-corrected chi connectivity index (χ1v) is 3.17. The van der Waals surface area contributed by atoms with E-state index in [1.807, 2.05) is 0 Å². The Labute approximate surface area is 64.9 Å². The summed E-state index contributed by atoms with van der Waals surface area (Å²) in [6.07, 6.45) is -0.00926. The van der Waals surface area contributed by atoms with Gasteiger partial charge in [-0.05, 0) is 0 Å². The Hall–Kier alpha value is -0.490. The van der Waals surface area contributed by atoms with Gasteiger partial charge < -0.3 is 25.2 Å². The number of aliphatic hydroxyl groups excluding tert-OH is 4. The van der Waals surface area contributed by atoms with Crippen molar-refractivity contribution in [2.24, 2.45) is 0 Å². The van der Waals surface area contributed by atoms with E-state index in [1.165, 1.54) is 0 Å². The van der Waals surface area contributed by atoms with E-state index in [9.17, 15) is 4.79 Å². The molecule has 0 aliphatic heterocycles. The lowest BCUT2D eigenvalue weighted by atomic mass is 10.4. The van der Waals surface area contributed by atoms with Crippen LogP contribution in [0.1, 0.15) is 6.42 Å². The smallest absolute Gasteiger partial charge is 0.122 e. The maximum Gasteiger partial charge on any atom is 0.122 e. The Morgan fingerprint density at radius 2 is 1.64 bits per heavy atom.